The number of ether oxygens (including phenoxy) is 2. The number of benzene rings is 2. The Morgan fingerprint density at radius 1 is 1.15 bits per heavy atom. The van der Waals surface area contributed by atoms with Crippen molar-refractivity contribution in [2.45, 2.75) is 37.5 Å². The van der Waals surface area contributed by atoms with Gasteiger partial charge in [0.1, 0.15) is 12.7 Å². The Morgan fingerprint density at radius 3 is 2.55 bits per heavy atom. The maximum absolute atomic E-state index is 10.5. The van der Waals surface area contributed by atoms with Crippen LogP contribution in [0.25, 0.3) is 11.4 Å². The fraction of sp³-hybridized carbons (Fsp3) is 0.375. The zero-order chi connectivity index (χ0) is 22.8. The van der Waals surface area contributed by atoms with Gasteiger partial charge in [0.25, 0.3) is 5.89 Å². The average Bonchev–Trinajstić information content (AvgIpc) is 3.41. The van der Waals surface area contributed by atoms with Crippen molar-refractivity contribution in [1.29, 1.82) is 0 Å². The van der Waals surface area contributed by atoms with Gasteiger partial charge in [0, 0.05) is 35.6 Å². The molecule has 3 aromatic rings. The number of aromatic nitrogens is 2. The van der Waals surface area contributed by atoms with E-state index in [1.54, 1.807) is 0 Å². The first-order valence-corrected chi connectivity index (χ1v) is 11.2. The predicted molar refractivity (Wildman–Crippen MR) is 120 cm³/mol. The van der Waals surface area contributed by atoms with Crippen LogP contribution in [0.15, 0.2) is 53.1 Å². The molecule has 8 nitrogen and oxygen atoms in total. The number of likely N-dealkylation sites (tertiary alicyclic amines) is 1. The quantitative estimate of drug-likeness (QED) is 0.457. The summed E-state index contributed by atoms with van der Waals surface area (Å²) in [4.78, 5) is 17.1. The Kier molecular flexibility index (Phi) is 6.05. The van der Waals surface area contributed by atoms with Crippen LogP contribution in [0.2, 0.25) is 5.02 Å². The monoisotopic (exact) mass is 469 g/mol. The summed E-state index contributed by atoms with van der Waals surface area (Å²) in [6.45, 7) is 2.84. The second-order valence-electron chi connectivity index (χ2n) is 8.69. The molecule has 0 spiro atoms. The van der Waals surface area contributed by atoms with E-state index in [-0.39, 0.29) is 18.1 Å². The Hall–Kier alpha value is -2.94. The van der Waals surface area contributed by atoms with E-state index in [9.17, 15) is 4.79 Å². The normalized spacial score (nSPS) is 17.5. The van der Waals surface area contributed by atoms with Gasteiger partial charge >= 0.3 is 6.16 Å². The first kappa shape index (κ1) is 21.9. The fourth-order valence-electron chi connectivity index (χ4n) is 4.12. The summed E-state index contributed by atoms with van der Waals surface area (Å²) in [6.07, 6.45) is 0.742. The number of carbonyl (C=O) groups is 1. The van der Waals surface area contributed by atoms with Gasteiger partial charge in [-0.15, -0.1) is 0 Å². The fourth-order valence-corrected chi connectivity index (χ4v) is 4.25. The van der Waals surface area contributed by atoms with Crippen LogP contribution in [-0.2, 0) is 28.0 Å². The van der Waals surface area contributed by atoms with Gasteiger partial charge in [-0.3, -0.25) is 4.90 Å². The molecule has 0 bridgehead atoms. The second-order valence-corrected chi connectivity index (χ2v) is 9.12. The minimum absolute atomic E-state index is 0.0689. The smallest absolute Gasteiger partial charge is 0.450 e. The van der Waals surface area contributed by atoms with Crippen LogP contribution in [0.1, 0.15) is 29.9 Å². The minimum Gasteiger partial charge on any atom is -0.450 e. The first-order valence-electron chi connectivity index (χ1n) is 10.9. The van der Waals surface area contributed by atoms with Gasteiger partial charge < -0.3 is 19.1 Å². The van der Waals surface area contributed by atoms with E-state index in [1.165, 1.54) is 5.56 Å². The van der Waals surface area contributed by atoms with Crippen molar-refractivity contribution >= 4 is 17.8 Å². The molecule has 1 aliphatic carbocycles. The second kappa shape index (κ2) is 9.13. The lowest BCUT2D eigenvalue weighted by Crippen LogP contribution is -2.52. The summed E-state index contributed by atoms with van der Waals surface area (Å²) in [5.41, 5.74) is 3.31. The Bertz CT molecular complexity index is 1110. The number of halogens is 1. The van der Waals surface area contributed by atoms with Gasteiger partial charge in [-0.25, -0.2) is 4.79 Å². The molecule has 2 fully saturated rings. The largest absolute Gasteiger partial charge is 0.506 e. The lowest BCUT2D eigenvalue weighted by Gasteiger charge is -2.37. The van der Waals surface area contributed by atoms with Gasteiger partial charge in [-0.2, -0.15) is 4.98 Å². The Morgan fingerprint density at radius 2 is 1.88 bits per heavy atom. The van der Waals surface area contributed by atoms with E-state index in [0.717, 1.165) is 35.5 Å². The van der Waals surface area contributed by atoms with Crippen LogP contribution >= 0.6 is 11.6 Å². The van der Waals surface area contributed by atoms with E-state index < -0.39 is 6.16 Å². The number of nitrogens with zero attached hydrogens (tertiary/aromatic N) is 3. The molecule has 0 radical (unpaired) electrons. The van der Waals surface area contributed by atoms with E-state index in [0.29, 0.717) is 31.4 Å². The van der Waals surface area contributed by atoms with E-state index >= 15 is 0 Å². The van der Waals surface area contributed by atoms with E-state index in [4.69, 9.17) is 30.7 Å². The van der Waals surface area contributed by atoms with Gasteiger partial charge in [0.2, 0.25) is 5.82 Å². The maximum Gasteiger partial charge on any atom is 0.506 e. The summed E-state index contributed by atoms with van der Waals surface area (Å²) in [6, 6.07) is 15.9. The lowest BCUT2D eigenvalue weighted by molar-refractivity contribution is -0.0363. The predicted octanol–water partition coefficient (Wildman–Crippen LogP) is 4.52. The van der Waals surface area contributed by atoms with Crippen LogP contribution in [-0.4, -0.2) is 52.1 Å². The van der Waals surface area contributed by atoms with Gasteiger partial charge in [-0.1, -0.05) is 53.2 Å². The van der Waals surface area contributed by atoms with Gasteiger partial charge in [0.15, 0.2) is 0 Å². The number of rotatable bonds is 9. The molecule has 1 saturated carbocycles. The van der Waals surface area contributed by atoms with Crippen molar-refractivity contribution in [3.63, 3.8) is 0 Å². The van der Waals surface area contributed by atoms with Crippen molar-refractivity contribution in [1.82, 2.24) is 15.0 Å². The average molecular weight is 470 g/mol. The molecule has 0 amide bonds. The highest BCUT2D eigenvalue weighted by atomic mass is 35.5. The molecule has 1 saturated heterocycles. The molecule has 1 N–H and O–H groups in total. The molecule has 172 valence electrons. The molecule has 1 aromatic heterocycles. The standard InChI is InChI=1S/C24H24ClN3O5/c25-19-7-5-18(6-8-19)24(9-10-24)15-31-14-21-26-22(27-33-21)17-3-1-16(2-4-17)11-28-12-20(13-28)32-23(29)30/h1-8,20H,9-15H2,(H,29,30). The van der Waals surface area contributed by atoms with Crippen LogP contribution < -0.4 is 0 Å². The van der Waals surface area contributed by atoms with Gasteiger partial charge in [0.05, 0.1) is 6.61 Å². The third kappa shape index (κ3) is 5.19. The summed E-state index contributed by atoms with van der Waals surface area (Å²) in [7, 11) is 0. The highest BCUT2D eigenvalue weighted by Crippen LogP contribution is 2.48. The van der Waals surface area contributed by atoms with Crippen molar-refractivity contribution < 1.29 is 23.9 Å². The van der Waals surface area contributed by atoms with E-state index in [1.807, 2.05) is 36.4 Å². The van der Waals surface area contributed by atoms with Crippen molar-refractivity contribution in [3.8, 4) is 11.4 Å². The van der Waals surface area contributed by atoms with Crippen LogP contribution in [0.4, 0.5) is 4.79 Å². The van der Waals surface area contributed by atoms with E-state index in [2.05, 4.69) is 27.2 Å². The lowest BCUT2D eigenvalue weighted by atomic mass is 9.97. The molecule has 0 atom stereocenters. The third-order valence-corrected chi connectivity index (χ3v) is 6.44. The molecule has 2 heterocycles. The highest BCUT2D eigenvalue weighted by Gasteiger charge is 2.44. The molecule has 2 aliphatic rings. The molecule has 9 heteroatoms. The molecule has 2 aromatic carbocycles. The number of hydrogen-bond donors (Lipinski definition) is 1. The van der Waals surface area contributed by atoms with Crippen LogP contribution in [0, 0.1) is 0 Å². The summed E-state index contributed by atoms with van der Waals surface area (Å²) in [5.74, 6) is 0.976. The number of carboxylic acid groups (broad SMARTS) is 1. The molecule has 5 rings (SSSR count). The molecular weight excluding hydrogens is 446 g/mol. The zero-order valence-corrected chi connectivity index (χ0v) is 18.7. The molecular formula is C24H24ClN3O5. The molecule has 33 heavy (non-hydrogen) atoms. The highest BCUT2D eigenvalue weighted by molar-refractivity contribution is 6.30. The van der Waals surface area contributed by atoms with Crippen LogP contribution in [0.5, 0.6) is 0 Å². The topological polar surface area (TPSA) is 97.9 Å². The van der Waals surface area contributed by atoms with Crippen LogP contribution in [0.3, 0.4) is 0 Å². The Labute approximate surface area is 196 Å². The molecule has 0 unspecified atom stereocenters. The SMILES string of the molecule is O=C(O)OC1CN(Cc2ccc(-c3noc(COCC4(c5ccc(Cl)cc5)CC4)n3)cc2)C1. The maximum atomic E-state index is 10.5. The third-order valence-electron chi connectivity index (χ3n) is 6.19. The summed E-state index contributed by atoms with van der Waals surface area (Å²) < 4.78 is 16.0. The Balaban J connectivity index is 1.10. The zero-order valence-electron chi connectivity index (χ0n) is 17.9. The van der Waals surface area contributed by atoms with Gasteiger partial charge in [-0.05, 0) is 36.1 Å². The van der Waals surface area contributed by atoms with Crippen molar-refractivity contribution in [2.24, 2.45) is 0 Å². The molecule has 1 aliphatic heterocycles. The number of hydrogen-bond acceptors (Lipinski definition) is 7. The summed E-state index contributed by atoms with van der Waals surface area (Å²) >= 11 is 6.00. The van der Waals surface area contributed by atoms with Crippen molar-refractivity contribution in [3.05, 3.63) is 70.6 Å². The first-order chi connectivity index (χ1) is 16.0. The van der Waals surface area contributed by atoms with Crippen molar-refractivity contribution in [2.75, 3.05) is 19.7 Å². The minimum atomic E-state index is -1.22. The summed E-state index contributed by atoms with van der Waals surface area (Å²) in [5, 5.41) is 13.4.